The number of halogens is 1. The number of carbonyl (C=O) groups excluding carboxylic acids is 1. The Morgan fingerprint density at radius 3 is 3.17 bits per heavy atom. The number of benzene rings is 1. The maximum Gasteiger partial charge on any atom is 0.224 e. The van der Waals surface area contributed by atoms with Crippen LogP contribution in [0.5, 0.6) is 5.75 Å². The molecular formula is C13H17BrN2O2. The molecule has 0 radical (unpaired) electrons. The van der Waals surface area contributed by atoms with Gasteiger partial charge >= 0.3 is 0 Å². The lowest BCUT2D eigenvalue weighted by atomic mass is 9.99. The summed E-state index contributed by atoms with van der Waals surface area (Å²) in [5.74, 6) is 0.675. The van der Waals surface area contributed by atoms with E-state index in [4.69, 9.17) is 10.5 Å². The van der Waals surface area contributed by atoms with Crippen molar-refractivity contribution >= 4 is 21.8 Å². The molecule has 98 valence electrons. The lowest BCUT2D eigenvalue weighted by Crippen LogP contribution is -2.37. The van der Waals surface area contributed by atoms with E-state index in [-0.39, 0.29) is 17.9 Å². The van der Waals surface area contributed by atoms with Gasteiger partial charge in [0.2, 0.25) is 5.91 Å². The van der Waals surface area contributed by atoms with Gasteiger partial charge in [0.15, 0.2) is 0 Å². The second-order valence-electron chi connectivity index (χ2n) is 4.52. The SMILES string of the molecule is CC(CN)C(=O)NC1CCOc2ccc(Br)cc21. The molecule has 5 heteroatoms. The smallest absolute Gasteiger partial charge is 0.224 e. The van der Waals surface area contributed by atoms with Gasteiger partial charge in [-0.3, -0.25) is 4.79 Å². The molecule has 2 unspecified atom stereocenters. The summed E-state index contributed by atoms with van der Waals surface area (Å²) in [6, 6.07) is 5.86. The van der Waals surface area contributed by atoms with E-state index in [0.29, 0.717) is 13.2 Å². The fourth-order valence-corrected chi connectivity index (χ4v) is 2.32. The van der Waals surface area contributed by atoms with Crippen LogP contribution in [0.2, 0.25) is 0 Å². The van der Waals surface area contributed by atoms with Gasteiger partial charge in [-0.2, -0.15) is 0 Å². The van der Waals surface area contributed by atoms with E-state index in [1.807, 2.05) is 25.1 Å². The first kappa shape index (κ1) is 13.4. The molecule has 1 aromatic carbocycles. The van der Waals surface area contributed by atoms with Crippen LogP contribution in [0.15, 0.2) is 22.7 Å². The van der Waals surface area contributed by atoms with E-state index < -0.39 is 0 Å². The minimum Gasteiger partial charge on any atom is -0.493 e. The van der Waals surface area contributed by atoms with Gasteiger partial charge in [0.1, 0.15) is 5.75 Å². The lowest BCUT2D eigenvalue weighted by molar-refractivity contribution is -0.125. The van der Waals surface area contributed by atoms with Crippen LogP contribution in [0.25, 0.3) is 0 Å². The van der Waals surface area contributed by atoms with Crippen molar-refractivity contribution in [3.05, 3.63) is 28.2 Å². The Balaban J connectivity index is 2.17. The summed E-state index contributed by atoms with van der Waals surface area (Å²) in [6.45, 7) is 2.81. The molecule has 1 amide bonds. The molecule has 0 bridgehead atoms. The maximum absolute atomic E-state index is 11.9. The Morgan fingerprint density at radius 2 is 2.44 bits per heavy atom. The molecule has 2 rings (SSSR count). The first-order chi connectivity index (χ1) is 8.61. The van der Waals surface area contributed by atoms with E-state index >= 15 is 0 Å². The molecule has 1 aromatic rings. The predicted octanol–water partition coefficient (Wildman–Crippen LogP) is 1.98. The van der Waals surface area contributed by atoms with Crippen molar-refractivity contribution < 1.29 is 9.53 Å². The molecule has 0 spiro atoms. The molecule has 1 aliphatic rings. The van der Waals surface area contributed by atoms with Gasteiger partial charge < -0.3 is 15.8 Å². The second kappa shape index (κ2) is 5.71. The average Bonchev–Trinajstić information content (AvgIpc) is 2.38. The summed E-state index contributed by atoms with van der Waals surface area (Å²) in [4.78, 5) is 11.9. The van der Waals surface area contributed by atoms with Crippen LogP contribution in [0, 0.1) is 5.92 Å². The standard InChI is InChI=1S/C13H17BrN2O2/c1-8(7-15)13(17)16-11-4-5-18-12-3-2-9(14)6-10(11)12/h2-3,6,8,11H,4-5,7,15H2,1H3,(H,16,17). The van der Waals surface area contributed by atoms with Crippen LogP contribution < -0.4 is 15.8 Å². The van der Waals surface area contributed by atoms with Crippen molar-refractivity contribution in [3.63, 3.8) is 0 Å². The van der Waals surface area contributed by atoms with Gasteiger partial charge in [0, 0.05) is 28.9 Å². The summed E-state index contributed by atoms with van der Waals surface area (Å²) < 4.78 is 6.56. The van der Waals surface area contributed by atoms with Crippen LogP contribution >= 0.6 is 15.9 Å². The molecule has 0 aliphatic carbocycles. The van der Waals surface area contributed by atoms with Gasteiger partial charge in [-0.05, 0) is 18.2 Å². The minimum atomic E-state index is -0.163. The van der Waals surface area contributed by atoms with Crippen LogP contribution in [0.1, 0.15) is 24.9 Å². The summed E-state index contributed by atoms with van der Waals surface area (Å²) in [5, 5.41) is 3.03. The quantitative estimate of drug-likeness (QED) is 0.897. The normalized spacial score (nSPS) is 19.6. The molecule has 1 aliphatic heterocycles. The Kier molecular flexibility index (Phi) is 4.24. The Hall–Kier alpha value is -1.07. The lowest BCUT2D eigenvalue weighted by Gasteiger charge is -2.27. The third kappa shape index (κ3) is 2.84. The fourth-order valence-electron chi connectivity index (χ4n) is 1.94. The van der Waals surface area contributed by atoms with Gasteiger partial charge in [-0.1, -0.05) is 22.9 Å². The van der Waals surface area contributed by atoms with Crippen LogP contribution in [0.3, 0.4) is 0 Å². The number of hydrogen-bond donors (Lipinski definition) is 2. The highest BCUT2D eigenvalue weighted by atomic mass is 79.9. The zero-order chi connectivity index (χ0) is 13.1. The predicted molar refractivity (Wildman–Crippen MR) is 73.4 cm³/mol. The van der Waals surface area contributed by atoms with E-state index in [1.54, 1.807) is 0 Å². The number of hydrogen-bond acceptors (Lipinski definition) is 3. The third-order valence-corrected chi connectivity index (χ3v) is 3.62. The van der Waals surface area contributed by atoms with Gasteiger partial charge in [-0.25, -0.2) is 0 Å². The largest absolute Gasteiger partial charge is 0.493 e. The van der Waals surface area contributed by atoms with Crippen molar-refractivity contribution in [2.75, 3.05) is 13.2 Å². The molecule has 3 N–H and O–H groups in total. The summed E-state index contributed by atoms with van der Waals surface area (Å²) in [5.41, 5.74) is 6.53. The topological polar surface area (TPSA) is 64.4 Å². The Morgan fingerprint density at radius 1 is 1.67 bits per heavy atom. The van der Waals surface area contributed by atoms with Gasteiger partial charge in [-0.15, -0.1) is 0 Å². The number of ether oxygens (including phenoxy) is 1. The Labute approximate surface area is 115 Å². The molecule has 0 aromatic heterocycles. The van der Waals surface area contributed by atoms with Gasteiger partial charge in [0.25, 0.3) is 0 Å². The highest BCUT2D eigenvalue weighted by Crippen LogP contribution is 2.34. The number of carbonyl (C=O) groups is 1. The summed E-state index contributed by atoms with van der Waals surface area (Å²) in [7, 11) is 0. The first-order valence-electron chi connectivity index (χ1n) is 6.04. The zero-order valence-electron chi connectivity index (χ0n) is 10.3. The molecule has 1 heterocycles. The van der Waals surface area contributed by atoms with E-state index in [9.17, 15) is 4.79 Å². The highest BCUT2D eigenvalue weighted by molar-refractivity contribution is 9.10. The minimum absolute atomic E-state index is 0.00433. The number of rotatable bonds is 3. The van der Waals surface area contributed by atoms with Crippen molar-refractivity contribution in [2.24, 2.45) is 11.7 Å². The molecule has 2 atom stereocenters. The maximum atomic E-state index is 11.9. The summed E-state index contributed by atoms with van der Waals surface area (Å²) in [6.07, 6.45) is 0.784. The molecule has 0 saturated heterocycles. The fraction of sp³-hybridized carbons (Fsp3) is 0.462. The number of nitrogens with two attached hydrogens (primary N) is 1. The van der Waals surface area contributed by atoms with Crippen molar-refractivity contribution in [2.45, 2.75) is 19.4 Å². The Bertz CT molecular complexity index is 451. The van der Waals surface area contributed by atoms with Crippen LogP contribution in [-0.2, 0) is 4.79 Å². The number of nitrogens with one attached hydrogen (secondary N) is 1. The molecular weight excluding hydrogens is 296 g/mol. The monoisotopic (exact) mass is 312 g/mol. The van der Waals surface area contributed by atoms with Crippen LogP contribution in [0.4, 0.5) is 0 Å². The van der Waals surface area contributed by atoms with Gasteiger partial charge in [0.05, 0.1) is 12.6 Å². The zero-order valence-corrected chi connectivity index (χ0v) is 11.9. The highest BCUT2D eigenvalue weighted by Gasteiger charge is 2.24. The van der Waals surface area contributed by atoms with Crippen molar-refractivity contribution in [1.29, 1.82) is 0 Å². The van der Waals surface area contributed by atoms with E-state index in [0.717, 1.165) is 22.2 Å². The molecule has 0 fully saturated rings. The second-order valence-corrected chi connectivity index (χ2v) is 5.43. The third-order valence-electron chi connectivity index (χ3n) is 3.13. The summed E-state index contributed by atoms with van der Waals surface area (Å²) >= 11 is 3.44. The van der Waals surface area contributed by atoms with Crippen molar-refractivity contribution in [1.82, 2.24) is 5.32 Å². The van der Waals surface area contributed by atoms with Crippen LogP contribution in [-0.4, -0.2) is 19.1 Å². The molecule has 18 heavy (non-hydrogen) atoms. The first-order valence-corrected chi connectivity index (χ1v) is 6.84. The van der Waals surface area contributed by atoms with Crippen molar-refractivity contribution in [3.8, 4) is 5.75 Å². The van der Waals surface area contributed by atoms with E-state index in [1.165, 1.54) is 0 Å². The average molecular weight is 313 g/mol. The number of fused-ring (bicyclic) bond motifs is 1. The molecule has 4 nitrogen and oxygen atoms in total. The van der Waals surface area contributed by atoms with E-state index in [2.05, 4.69) is 21.2 Å². The molecule has 0 saturated carbocycles. The number of amides is 1.